The molecule has 0 unspecified atom stereocenters. The van der Waals surface area contributed by atoms with E-state index in [1.807, 2.05) is 0 Å². The summed E-state index contributed by atoms with van der Waals surface area (Å²) in [5.74, 6) is 0.687. The zero-order valence-corrected chi connectivity index (χ0v) is 19.4. The maximum atomic E-state index is 3.64. The molecule has 1 aliphatic carbocycles. The zero-order valence-electron chi connectivity index (χ0n) is 17.8. The van der Waals surface area contributed by atoms with Crippen LogP contribution in [0.1, 0.15) is 37.2 Å². The summed E-state index contributed by atoms with van der Waals surface area (Å²) in [7, 11) is 0. The molecule has 31 heavy (non-hydrogen) atoms. The zero-order chi connectivity index (χ0) is 20.8. The maximum Gasteiger partial charge on any atom is 0.0474 e. The number of benzene rings is 2. The summed E-state index contributed by atoms with van der Waals surface area (Å²) in [5, 5.41) is 2.74. The molecule has 2 aromatic heterocycles. The van der Waals surface area contributed by atoms with Gasteiger partial charge in [-0.1, -0.05) is 22.0 Å². The SMILES string of the molecule is Brc1ccc2[nH]cc([C@H]3CC[C@H](N4CCN(c5cccc6[nH]ccc56)CC4)CC3)c2c1. The van der Waals surface area contributed by atoms with Gasteiger partial charge in [0.1, 0.15) is 0 Å². The fourth-order valence-electron chi connectivity index (χ4n) is 5.88. The normalized spacial score (nSPS) is 23.1. The van der Waals surface area contributed by atoms with Crippen LogP contribution in [0.3, 0.4) is 0 Å². The van der Waals surface area contributed by atoms with E-state index >= 15 is 0 Å². The van der Waals surface area contributed by atoms with Crippen molar-refractivity contribution >= 4 is 43.4 Å². The molecule has 6 rings (SSSR count). The average molecular weight is 477 g/mol. The van der Waals surface area contributed by atoms with Crippen LogP contribution in [0.4, 0.5) is 5.69 Å². The van der Waals surface area contributed by atoms with Gasteiger partial charge < -0.3 is 14.9 Å². The lowest BCUT2D eigenvalue weighted by atomic mass is 9.81. The van der Waals surface area contributed by atoms with E-state index in [-0.39, 0.29) is 0 Å². The summed E-state index contributed by atoms with van der Waals surface area (Å²) >= 11 is 3.64. The van der Waals surface area contributed by atoms with Gasteiger partial charge in [0.05, 0.1) is 0 Å². The van der Waals surface area contributed by atoms with Crippen LogP contribution in [0.2, 0.25) is 0 Å². The second kappa shape index (κ2) is 8.03. The Morgan fingerprint density at radius 2 is 1.61 bits per heavy atom. The Hall–Kier alpha value is -2.24. The molecule has 5 heteroatoms. The molecule has 0 amide bonds. The lowest BCUT2D eigenvalue weighted by Crippen LogP contribution is -2.51. The number of rotatable bonds is 3. The molecule has 1 saturated heterocycles. The molecule has 4 aromatic rings. The highest BCUT2D eigenvalue weighted by Gasteiger charge is 2.30. The third-order valence-electron chi connectivity index (χ3n) is 7.56. The minimum Gasteiger partial charge on any atom is -0.368 e. The standard InChI is InChI=1S/C26H29BrN4/c27-19-6-9-25-22(16-19)23(17-29-25)18-4-7-20(8-5-18)30-12-14-31(15-13-30)26-3-1-2-24-21(26)10-11-28-24/h1-3,6,9-11,16-18,20,28-29H,4-5,7-8,12-15H2/t18-,20-. The van der Waals surface area contributed by atoms with Gasteiger partial charge in [0.2, 0.25) is 0 Å². The van der Waals surface area contributed by atoms with Crippen molar-refractivity contribution in [2.24, 2.45) is 0 Å². The number of nitrogens with one attached hydrogen (secondary N) is 2. The van der Waals surface area contributed by atoms with Crippen molar-refractivity contribution < 1.29 is 0 Å². The third kappa shape index (κ3) is 3.58. The van der Waals surface area contributed by atoms with E-state index in [1.54, 1.807) is 0 Å². The van der Waals surface area contributed by atoms with E-state index in [1.165, 1.54) is 76.3 Å². The van der Waals surface area contributed by atoms with Crippen molar-refractivity contribution in [3.8, 4) is 0 Å². The minimum atomic E-state index is 0.687. The summed E-state index contributed by atoms with van der Waals surface area (Å²) in [6.07, 6.45) is 9.54. The van der Waals surface area contributed by atoms with Crippen molar-refractivity contribution in [3.63, 3.8) is 0 Å². The van der Waals surface area contributed by atoms with Crippen LogP contribution in [0.25, 0.3) is 21.8 Å². The first-order valence-corrected chi connectivity index (χ1v) is 12.4. The van der Waals surface area contributed by atoms with Gasteiger partial charge in [0, 0.05) is 76.6 Å². The Morgan fingerprint density at radius 1 is 0.806 bits per heavy atom. The molecule has 2 N–H and O–H groups in total. The highest BCUT2D eigenvalue weighted by atomic mass is 79.9. The Morgan fingerprint density at radius 3 is 2.45 bits per heavy atom. The molecular weight excluding hydrogens is 448 g/mol. The molecule has 0 bridgehead atoms. The fourth-order valence-corrected chi connectivity index (χ4v) is 6.24. The number of anilines is 1. The molecule has 0 radical (unpaired) electrons. The second-order valence-corrected chi connectivity index (χ2v) is 10.1. The molecule has 1 aliphatic heterocycles. The van der Waals surface area contributed by atoms with Crippen LogP contribution in [-0.4, -0.2) is 47.1 Å². The number of hydrogen-bond donors (Lipinski definition) is 2. The van der Waals surface area contributed by atoms with E-state index in [9.17, 15) is 0 Å². The molecule has 0 atom stereocenters. The lowest BCUT2D eigenvalue weighted by Gasteiger charge is -2.42. The van der Waals surface area contributed by atoms with E-state index in [0.717, 1.165) is 19.1 Å². The topological polar surface area (TPSA) is 38.1 Å². The van der Waals surface area contributed by atoms with Crippen LogP contribution in [0.15, 0.2) is 59.3 Å². The Labute approximate surface area is 191 Å². The number of piperazine rings is 1. The first-order chi connectivity index (χ1) is 15.3. The van der Waals surface area contributed by atoms with Gasteiger partial charge >= 0.3 is 0 Å². The second-order valence-electron chi connectivity index (χ2n) is 9.18. The van der Waals surface area contributed by atoms with Crippen LogP contribution in [0.5, 0.6) is 0 Å². The third-order valence-corrected chi connectivity index (χ3v) is 8.05. The van der Waals surface area contributed by atoms with E-state index in [4.69, 9.17) is 0 Å². The number of H-pyrrole nitrogens is 2. The van der Waals surface area contributed by atoms with Crippen molar-refractivity contribution in [3.05, 3.63) is 64.9 Å². The van der Waals surface area contributed by atoms with E-state index in [0.29, 0.717) is 5.92 Å². The van der Waals surface area contributed by atoms with Gasteiger partial charge in [-0.2, -0.15) is 0 Å². The number of fused-ring (bicyclic) bond motifs is 2. The summed E-state index contributed by atoms with van der Waals surface area (Å²) < 4.78 is 1.17. The monoisotopic (exact) mass is 476 g/mol. The Balaban J connectivity index is 1.09. The summed E-state index contributed by atoms with van der Waals surface area (Å²) in [6, 6.07) is 16.1. The van der Waals surface area contributed by atoms with Crippen LogP contribution in [-0.2, 0) is 0 Å². The predicted molar refractivity (Wildman–Crippen MR) is 133 cm³/mol. The highest BCUT2D eigenvalue weighted by molar-refractivity contribution is 9.10. The van der Waals surface area contributed by atoms with Crippen molar-refractivity contribution in [1.82, 2.24) is 14.9 Å². The van der Waals surface area contributed by atoms with Crippen LogP contribution >= 0.6 is 15.9 Å². The molecule has 2 fully saturated rings. The average Bonchev–Trinajstić information content (AvgIpc) is 3.46. The van der Waals surface area contributed by atoms with Gasteiger partial charge in [-0.15, -0.1) is 0 Å². The summed E-state index contributed by atoms with van der Waals surface area (Å²) in [6.45, 7) is 4.60. The van der Waals surface area contributed by atoms with Crippen molar-refractivity contribution in [2.45, 2.75) is 37.6 Å². The number of aromatic amines is 2. The number of hydrogen-bond acceptors (Lipinski definition) is 2. The number of nitrogens with zero attached hydrogens (tertiary/aromatic N) is 2. The first kappa shape index (κ1) is 19.4. The lowest BCUT2D eigenvalue weighted by molar-refractivity contribution is 0.141. The fraction of sp³-hybridized carbons (Fsp3) is 0.385. The van der Waals surface area contributed by atoms with Crippen molar-refractivity contribution in [1.29, 1.82) is 0 Å². The first-order valence-electron chi connectivity index (χ1n) is 11.6. The van der Waals surface area contributed by atoms with Crippen molar-refractivity contribution in [2.75, 3.05) is 31.1 Å². The quantitative estimate of drug-likeness (QED) is 0.366. The Bertz CT molecular complexity index is 1190. The Kier molecular flexibility index (Phi) is 5.04. The molecular formula is C26H29BrN4. The number of aromatic nitrogens is 2. The summed E-state index contributed by atoms with van der Waals surface area (Å²) in [4.78, 5) is 12.2. The summed E-state index contributed by atoms with van der Waals surface area (Å²) in [5.41, 5.74) is 5.39. The minimum absolute atomic E-state index is 0.687. The van der Waals surface area contributed by atoms with E-state index < -0.39 is 0 Å². The van der Waals surface area contributed by atoms with Gasteiger partial charge in [0.15, 0.2) is 0 Å². The van der Waals surface area contributed by atoms with Gasteiger partial charge in [-0.3, -0.25) is 4.90 Å². The molecule has 4 nitrogen and oxygen atoms in total. The van der Waals surface area contributed by atoms with Crippen LogP contribution in [0, 0.1) is 0 Å². The van der Waals surface area contributed by atoms with Gasteiger partial charge in [-0.05, 0) is 73.6 Å². The van der Waals surface area contributed by atoms with Gasteiger partial charge in [-0.25, -0.2) is 0 Å². The number of halogens is 1. The van der Waals surface area contributed by atoms with Gasteiger partial charge in [0.25, 0.3) is 0 Å². The predicted octanol–water partition coefficient (Wildman–Crippen LogP) is 6.26. The molecule has 3 heterocycles. The van der Waals surface area contributed by atoms with Crippen LogP contribution < -0.4 is 4.90 Å². The van der Waals surface area contributed by atoms with E-state index in [2.05, 4.69) is 90.6 Å². The molecule has 2 aromatic carbocycles. The molecule has 2 aliphatic rings. The highest BCUT2D eigenvalue weighted by Crippen LogP contribution is 2.39. The molecule has 1 saturated carbocycles. The molecule has 0 spiro atoms. The molecule has 160 valence electrons. The maximum absolute atomic E-state index is 3.64. The smallest absolute Gasteiger partial charge is 0.0474 e. The largest absolute Gasteiger partial charge is 0.368 e.